The molecule has 40 heavy (non-hydrogen) atoms. The zero-order chi connectivity index (χ0) is 28.7. The van der Waals surface area contributed by atoms with Crippen LogP contribution in [0.1, 0.15) is 53.4 Å². The van der Waals surface area contributed by atoms with E-state index in [2.05, 4.69) is 162 Å². The molecule has 0 saturated heterocycles. The van der Waals surface area contributed by atoms with Crippen LogP contribution in [0.2, 0.25) is 0 Å². The third kappa shape index (κ3) is 4.91. The van der Waals surface area contributed by atoms with E-state index >= 15 is 0 Å². The number of hydrogen-bond acceptors (Lipinski definition) is 0. The van der Waals surface area contributed by atoms with E-state index in [1.54, 1.807) is 21.2 Å². The van der Waals surface area contributed by atoms with Crippen molar-refractivity contribution in [1.29, 1.82) is 0 Å². The summed E-state index contributed by atoms with van der Waals surface area (Å²) in [6.07, 6.45) is 7.45. The molecule has 2 unspecified atom stereocenters. The van der Waals surface area contributed by atoms with E-state index < -0.39 is 13.2 Å². The van der Waals surface area contributed by atoms with Gasteiger partial charge in [-0.05, 0) is 0 Å². The van der Waals surface area contributed by atoms with Gasteiger partial charge in [-0.1, -0.05) is 0 Å². The quantitative estimate of drug-likeness (QED) is 0.141. The Balaban J connectivity index is 2.11. The van der Waals surface area contributed by atoms with Gasteiger partial charge in [-0.25, -0.2) is 0 Å². The molecule has 2 atom stereocenters. The second-order valence-corrected chi connectivity index (χ2v) is 24.9. The fourth-order valence-electron chi connectivity index (χ4n) is 7.83. The van der Waals surface area contributed by atoms with Crippen LogP contribution in [0.25, 0.3) is 0 Å². The van der Waals surface area contributed by atoms with Crippen LogP contribution in [0.15, 0.2) is 121 Å². The number of rotatable bonds is 13. The first-order valence-corrected chi connectivity index (χ1v) is 21.4. The van der Waals surface area contributed by atoms with Crippen LogP contribution < -0.4 is 21.2 Å². The molecule has 0 saturated carbocycles. The average Bonchev–Trinajstić information content (AvgIpc) is 3.03. The second kappa shape index (κ2) is 12.3. The van der Waals surface area contributed by atoms with E-state index in [9.17, 15) is 0 Å². The Hall–Kier alpha value is -2.26. The Morgan fingerprint density at radius 1 is 0.425 bits per heavy atom. The Kier molecular flexibility index (Phi) is 9.45. The summed E-state index contributed by atoms with van der Waals surface area (Å²) in [7, 11) is 0. The molecule has 0 aliphatic carbocycles. The van der Waals surface area contributed by atoms with Crippen molar-refractivity contribution in [2.45, 2.75) is 64.7 Å². The summed E-state index contributed by atoms with van der Waals surface area (Å²) in [6, 6.07) is 46.7. The van der Waals surface area contributed by atoms with Crippen LogP contribution in [-0.4, -0.2) is 37.0 Å². The van der Waals surface area contributed by atoms with Crippen LogP contribution in [0.5, 0.6) is 0 Å². The van der Waals surface area contributed by atoms with Gasteiger partial charge in [0, 0.05) is 0 Å². The molecule has 0 heterocycles. The van der Waals surface area contributed by atoms with Crippen molar-refractivity contribution < 1.29 is 0 Å². The van der Waals surface area contributed by atoms with Gasteiger partial charge in [-0.2, -0.15) is 0 Å². The first kappa shape index (κ1) is 30.7. The summed E-state index contributed by atoms with van der Waals surface area (Å²) >= 11 is 0. The number of benzene rings is 4. The predicted molar refractivity (Wildman–Crippen MR) is 188 cm³/mol. The Morgan fingerprint density at radius 3 is 0.850 bits per heavy atom. The van der Waals surface area contributed by atoms with Gasteiger partial charge in [0.2, 0.25) is 0 Å². The molecule has 0 aliphatic heterocycles. The van der Waals surface area contributed by atoms with Crippen LogP contribution in [0.4, 0.5) is 0 Å². The molecule has 4 aromatic rings. The monoisotopic (exact) mass is 570 g/mol. The van der Waals surface area contributed by atoms with E-state index in [0.717, 1.165) is 0 Å². The molecule has 0 aromatic heterocycles. The molecule has 0 radical (unpaired) electrons. The maximum absolute atomic E-state index is 2.74. The summed E-state index contributed by atoms with van der Waals surface area (Å²) in [4.78, 5) is 0. The Morgan fingerprint density at radius 2 is 0.650 bits per heavy atom. The summed E-state index contributed by atoms with van der Waals surface area (Å²) in [5.41, 5.74) is 1.00. The topological polar surface area (TPSA) is 0 Å². The fraction of sp³-hybridized carbons (Fsp3) is 0.368. The molecule has 0 N–H and O–H groups in total. The molecule has 0 aliphatic rings. The third-order valence-electron chi connectivity index (χ3n) is 11.0. The van der Waals surface area contributed by atoms with Crippen LogP contribution >= 0.6 is 13.2 Å². The first-order chi connectivity index (χ1) is 19.2. The first-order valence-electron chi connectivity index (χ1n) is 15.5. The normalized spacial score (nSPS) is 15.8. The summed E-state index contributed by atoms with van der Waals surface area (Å²) in [5.74, 6) is 0. The predicted octanol–water partition coefficient (Wildman–Crippen LogP) is 9.03. The zero-order valence-electron chi connectivity index (χ0n) is 25.8. The molecule has 214 valence electrons. The van der Waals surface area contributed by atoms with E-state index in [-0.39, 0.29) is 0 Å². The molecule has 0 spiro atoms. The SMILES string of the molecule is CCCCP(C)(c1ccccc1)(c1ccccc1)C(C)C(C)P(C)(CCCC)(c1ccccc1)c1ccccc1. The summed E-state index contributed by atoms with van der Waals surface area (Å²) in [6.45, 7) is 10.1. The maximum atomic E-state index is 2.74. The molecule has 2 heteroatoms. The fourth-order valence-corrected chi connectivity index (χ4v) is 22.9. The second-order valence-electron chi connectivity index (χ2n) is 12.8. The average molecular weight is 571 g/mol. The Bertz CT molecular complexity index is 1150. The minimum absolute atomic E-state index is 0.502. The van der Waals surface area contributed by atoms with Crippen molar-refractivity contribution in [2.75, 3.05) is 25.7 Å². The van der Waals surface area contributed by atoms with Gasteiger partial charge in [0.15, 0.2) is 0 Å². The van der Waals surface area contributed by atoms with Gasteiger partial charge < -0.3 is 0 Å². The molecule has 0 bridgehead atoms. The third-order valence-corrected chi connectivity index (χ3v) is 26.4. The van der Waals surface area contributed by atoms with E-state index in [4.69, 9.17) is 0 Å². The van der Waals surface area contributed by atoms with Crippen LogP contribution in [-0.2, 0) is 0 Å². The van der Waals surface area contributed by atoms with Gasteiger partial charge in [-0.15, -0.1) is 0 Å². The van der Waals surface area contributed by atoms with Gasteiger partial charge in [0.1, 0.15) is 0 Å². The zero-order valence-corrected chi connectivity index (χ0v) is 27.6. The summed E-state index contributed by atoms with van der Waals surface area (Å²) in [5, 5.41) is 6.31. The summed E-state index contributed by atoms with van der Waals surface area (Å²) < 4.78 is 0. The molecule has 4 aromatic carbocycles. The standard InChI is InChI=1S/C38H52P2/c1-7-9-31-39(5,35-23-15-11-16-24-35,36-25-17-12-18-26-36)33(3)34(4)40(6,32-10-8-2,37-27-19-13-20-28-37)38-29-21-14-22-30-38/h11-30,33-34H,7-10,31-32H2,1-6H3. The van der Waals surface area contributed by atoms with Crippen molar-refractivity contribution >= 4 is 34.4 Å². The number of unbranched alkanes of at least 4 members (excludes halogenated alkanes) is 2. The number of hydrogen-bond donors (Lipinski definition) is 0. The van der Waals surface area contributed by atoms with Crippen molar-refractivity contribution in [1.82, 2.24) is 0 Å². The molecule has 0 fully saturated rings. The van der Waals surface area contributed by atoms with Crippen LogP contribution in [0.3, 0.4) is 0 Å². The molecule has 4 rings (SSSR count). The van der Waals surface area contributed by atoms with Crippen molar-refractivity contribution in [3.63, 3.8) is 0 Å². The van der Waals surface area contributed by atoms with Crippen LogP contribution in [0, 0.1) is 0 Å². The van der Waals surface area contributed by atoms with Crippen molar-refractivity contribution in [2.24, 2.45) is 0 Å². The minimum atomic E-state index is -2.69. The Labute approximate surface area is 245 Å². The van der Waals surface area contributed by atoms with E-state index in [1.807, 2.05) is 0 Å². The molecular formula is C38H52P2. The van der Waals surface area contributed by atoms with Gasteiger partial charge in [-0.3, -0.25) is 0 Å². The van der Waals surface area contributed by atoms with Gasteiger partial charge in [0.25, 0.3) is 0 Å². The van der Waals surface area contributed by atoms with Gasteiger partial charge in [0.05, 0.1) is 0 Å². The van der Waals surface area contributed by atoms with E-state index in [1.165, 1.54) is 38.0 Å². The molecular weight excluding hydrogens is 518 g/mol. The van der Waals surface area contributed by atoms with E-state index in [0.29, 0.717) is 11.3 Å². The molecule has 0 amide bonds. The van der Waals surface area contributed by atoms with Crippen molar-refractivity contribution in [3.05, 3.63) is 121 Å². The van der Waals surface area contributed by atoms with Crippen molar-refractivity contribution in [3.8, 4) is 0 Å². The molecule has 0 nitrogen and oxygen atoms in total. The van der Waals surface area contributed by atoms with Gasteiger partial charge >= 0.3 is 246 Å².